The molecular formula is C27H22FN3O4S. The Morgan fingerprint density at radius 3 is 2.33 bits per heavy atom. The number of ether oxygens (including phenoxy) is 3. The van der Waals surface area contributed by atoms with Crippen LogP contribution in [0, 0.1) is 5.82 Å². The van der Waals surface area contributed by atoms with Crippen molar-refractivity contribution in [1.82, 2.24) is 4.68 Å². The minimum atomic E-state index is -0.420. The minimum Gasteiger partial charge on any atom is -0.493 e. The van der Waals surface area contributed by atoms with Crippen LogP contribution in [0.25, 0.3) is 22.4 Å². The molecule has 0 aliphatic carbocycles. The van der Waals surface area contributed by atoms with Gasteiger partial charge in [0.15, 0.2) is 17.3 Å². The van der Waals surface area contributed by atoms with Crippen molar-refractivity contribution < 1.29 is 23.0 Å². The van der Waals surface area contributed by atoms with E-state index in [2.05, 4.69) is 10.1 Å². The molecule has 7 nitrogen and oxygen atoms in total. The topological polar surface area (TPSA) is 70.5 Å². The molecule has 0 bridgehead atoms. The van der Waals surface area contributed by atoms with Crippen LogP contribution in [0.5, 0.6) is 17.2 Å². The van der Waals surface area contributed by atoms with Gasteiger partial charge in [-0.2, -0.15) is 5.10 Å². The van der Waals surface area contributed by atoms with Gasteiger partial charge in [0.2, 0.25) is 10.6 Å². The van der Waals surface area contributed by atoms with Gasteiger partial charge in [-0.05, 0) is 36.4 Å². The first-order valence-corrected chi connectivity index (χ1v) is 11.8. The summed E-state index contributed by atoms with van der Waals surface area (Å²) in [5.41, 5.74) is 2.35. The molecule has 0 N–H and O–H groups in total. The molecule has 0 unspecified atom stereocenters. The summed E-state index contributed by atoms with van der Waals surface area (Å²) in [6, 6.07) is 19.6. The van der Waals surface area contributed by atoms with E-state index in [1.165, 1.54) is 17.4 Å². The fraction of sp³-hybridized carbons (Fsp3) is 0.111. The zero-order valence-electron chi connectivity index (χ0n) is 19.8. The third kappa shape index (κ3) is 4.48. The number of halogens is 1. The smallest absolute Gasteiger partial charge is 0.211 e. The van der Waals surface area contributed by atoms with E-state index < -0.39 is 5.82 Å². The average Bonchev–Trinajstić information content (AvgIpc) is 3.51. The highest BCUT2D eigenvalue weighted by Gasteiger charge is 2.15. The Bertz CT molecular complexity index is 1580. The standard InChI is InChI=1S/C27H22FN3O4S/c1-32-24-12-17(13-25(33-2)26(24)34-3)15-29-31-21(23-14-18-8-4-7-11-22(18)35-23)16-36-27(31)30-20-10-6-5-9-19(20)28/h4-16H,1-3H3. The SMILES string of the molecule is COc1cc(C=Nn2c(-c3cc4ccccc4o3)csc2=Nc2ccccc2F)cc(OC)c1OC. The number of nitrogens with zero attached hydrogens (tertiary/aromatic N) is 3. The lowest BCUT2D eigenvalue weighted by Crippen LogP contribution is -2.11. The summed E-state index contributed by atoms with van der Waals surface area (Å²) in [5.74, 6) is 1.68. The molecule has 36 heavy (non-hydrogen) atoms. The molecule has 5 aromatic rings. The maximum atomic E-state index is 14.4. The van der Waals surface area contributed by atoms with Gasteiger partial charge in [-0.25, -0.2) is 14.1 Å². The molecule has 0 saturated heterocycles. The van der Waals surface area contributed by atoms with Crippen molar-refractivity contribution in [3.63, 3.8) is 0 Å². The molecule has 0 saturated carbocycles. The van der Waals surface area contributed by atoms with Crippen LogP contribution < -0.4 is 19.0 Å². The Morgan fingerprint density at radius 2 is 1.64 bits per heavy atom. The zero-order valence-corrected chi connectivity index (χ0v) is 20.6. The summed E-state index contributed by atoms with van der Waals surface area (Å²) in [6.45, 7) is 0. The van der Waals surface area contributed by atoms with Crippen molar-refractivity contribution in [3.05, 3.63) is 88.3 Å². The van der Waals surface area contributed by atoms with Crippen molar-refractivity contribution in [2.75, 3.05) is 21.3 Å². The van der Waals surface area contributed by atoms with Crippen LogP contribution in [0.15, 0.2) is 86.6 Å². The first-order valence-electron chi connectivity index (χ1n) is 10.9. The lowest BCUT2D eigenvalue weighted by atomic mass is 10.2. The van der Waals surface area contributed by atoms with Gasteiger partial charge in [0.1, 0.15) is 22.8 Å². The Morgan fingerprint density at radius 1 is 0.917 bits per heavy atom. The van der Waals surface area contributed by atoms with Crippen LogP contribution in [0.1, 0.15) is 5.56 Å². The highest BCUT2D eigenvalue weighted by atomic mass is 32.1. The molecule has 0 atom stereocenters. The Balaban J connectivity index is 1.66. The van der Waals surface area contributed by atoms with Crippen molar-refractivity contribution >= 4 is 34.2 Å². The van der Waals surface area contributed by atoms with Crippen molar-refractivity contribution in [2.24, 2.45) is 10.1 Å². The third-order valence-corrected chi connectivity index (χ3v) is 6.26. The molecule has 5 rings (SSSR count). The maximum Gasteiger partial charge on any atom is 0.211 e. The molecule has 0 amide bonds. The first kappa shape index (κ1) is 23.4. The fourth-order valence-electron chi connectivity index (χ4n) is 3.71. The summed E-state index contributed by atoms with van der Waals surface area (Å²) in [5, 5.41) is 7.53. The molecular weight excluding hydrogens is 481 g/mol. The van der Waals surface area contributed by atoms with E-state index in [1.54, 1.807) is 62.6 Å². The highest BCUT2D eigenvalue weighted by Crippen LogP contribution is 2.38. The van der Waals surface area contributed by atoms with E-state index in [-0.39, 0.29) is 5.69 Å². The van der Waals surface area contributed by atoms with E-state index in [0.29, 0.717) is 39.1 Å². The predicted octanol–water partition coefficient (Wildman–Crippen LogP) is 6.24. The van der Waals surface area contributed by atoms with Crippen LogP contribution in [0.3, 0.4) is 0 Å². The Labute approximate surface area is 210 Å². The zero-order chi connectivity index (χ0) is 25.1. The van der Waals surface area contributed by atoms with Crippen LogP contribution in [-0.4, -0.2) is 32.2 Å². The number of furan rings is 1. The van der Waals surface area contributed by atoms with E-state index in [4.69, 9.17) is 18.6 Å². The average molecular weight is 504 g/mol. The molecule has 0 aliphatic heterocycles. The second-order valence-electron chi connectivity index (χ2n) is 7.63. The third-order valence-electron chi connectivity index (χ3n) is 5.44. The number of para-hydroxylation sites is 2. The molecule has 182 valence electrons. The van der Waals surface area contributed by atoms with Crippen LogP contribution in [0.2, 0.25) is 0 Å². The lowest BCUT2D eigenvalue weighted by molar-refractivity contribution is 0.324. The van der Waals surface area contributed by atoms with Crippen LogP contribution in [-0.2, 0) is 0 Å². The number of aromatic nitrogens is 1. The van der Waals surface area contributed by atoms with Crippen LogP contribution in [0.4, 0.5) is 10.1 Å². The van der Waals surface area contributed by atoms with Gasteiger partial charge < -0.3 is 18.6 Å². The molecule has 0 spiro atoms. The van der Waals surface area contributed by atoms with Gasteiger partial charge in [0, 0.05) is 16.3 Å². The monoisotopic (exact) mass is 503 g/mol. The maximum absolute atomic E-state index is 14.4. The number of hydrogen-bond donors (Lipinski definition) is 0. The van der Waals surface area contributed by atoms with Crippen molar-refractivity contribution in [1.29, 1.82) is 0 Å². The van der Waals surface area contributed by atoms with Gasteiger partial charge in [-0.15, -0.1) is 11.3 Å². The predicted molar refractivity (Wildman–Crippen MR) is 138 cm³/mol. The molecule has 2 aromatic heterocycles. The summed E-state index contributed by atoms with van der Waals surface area (Å²) in [6.07, 6.45) is 1.64. The lowest BCUT2D eigenvalue weighted by Gasteiger charge is -2.12. The van der Waals surface area contributed by atoms with E-state index in [9.17, 15) is 4.39 Å². The first-order chi connectivity index (χ1) is 17.6. The molecule has 0 aliphatic rings. The second kappa shape index (κ2) is 10.1. The van der Waals surface area contributed by atoms with Gasteiger partial charge in [-0.1, -0.05) is 30.3 Å². The van der Waals surface area contributed by atoms with Gasteiger partial charge >= 0.3 is 0 Å². The van der Waals surface area contributed by atoms with Gasteiger partial charge in [0.25, 0.3) is 0 Å². The van der Waals surface area contributed by atoms with Gasteiger partial charge in [-0.3, -0.25) is 0 Å². The molecule has 9 heteroatoms. The van der Waals surface area contributed by atoms with E-state index in [1.807, 2.05) is 35.7 Å². The number of benzene rings is 3. The van der Waals surface area contributed by atoms with Crippen LogP contribution >= 0.6 is 11.3 Å². The molecule has 3 aromatic carbocycles. The second-order valence-corrected chi connectivity index (χ2v) is 8.47. The summed E-state index contributed by atoms with van der Waals surface area (Å²) < 4.78 is 38.4. The summed E-state index contributed by atoms with van der Waals surface area (Å²) in [7, 11) is 4.65. The quantitative estimate of drug-likeness (QED) is 0.247. The Hall–Kier alpha value is -4.37. The molecule has 0 fully saturated rings. The summed E-state index contributed by atoms with van der Waals surface area (Å²) in [4.78, 5) is 5.00. The number of fused-ring (bicyclic) bond motifs is 1. The molecule has 2 heterocycles. The normalized spacial score (nSPS) is 11.9. The van der Waals surface area contributed by atoms with E-state index >= 15 is 0 Å². The number of hydrogen-bond acceptors (Lipinski definition) is 7. The largest absolute Gasteiger partial charge is 0.493 e. The van der Waals surface area contributed by atoms with Gasteiger partial charge in [0.05, 0.1) is 27.5 Å². The fourth-order valence-corrected chi connectivity index (χ4v) is 4.54. The number of methoxy groups -OCH3 is 3. The summed E-state index contributed by atoms with van der Waals surface area (Å²) >= 11 is 1.33. The minimum absolute atomic E-state index is 0.215. The number of thiazole rings is 1. The van der Waals surface area contributed by atoms with Crippen molar-refractivity contribution in [2.45, 2.75) is 0 Å². The molecule has 0 radical (unpaired) electrons. The van der Waals surface area contributed by atoms with Crippen molar-refractivity contribution in [3.8, 4) is 28.7 Å². The number of rotatable bonds is 7. The van der Waals surface area contributed by atoms with E-state index in [0.717, 1.165) is 11.0 Å². The highest BCUT2D eigenvalue weighted by molar-refractivity contribution is 7.07. The Kier molecular flexibility index (Phi) is 6.55.